The summed E-state index contributed by atoms with van der Waals surface area (Å²) >= 11 is 3.71. The highest BCUT2D eigenvalue weighted by Gasteiger charge is 2.25. The van der Waals surface area contributed by atoms with Crippen molar-refractivity contribution in [3.05, 3.63) is 15.9 Å². The van der Waals surface area contributed by atoms with Crippen molar-refractivity contribution < 1.29 is 0 Å². The summed E-state index contributed by atoms with van der Waals surface area (Å²) in [6.07, 6.45) is 7.99. The SMILES string of the molecule is CCNC(CCc1c(Br)c(C)nn1CC)C1CCCC1. The molecule has 4 heteroatoms. The van der Waals surface area contributed by atoms with E-state index in [1.807, 2.05) is 0 Å². The molecule has 1 saturated carbocycles. The predicted octanol–water partition coefficient (Wildman–Crippen LogP) is 4.07. The van der Waals surface area contributed by atoms with Gasteiger partial charge >= 0.3 is 0 Å². The molecule has 0 radical (unpaired) electrons. The topological polar surface area (TPSA) is 29.9 Å². The lowest BCUT2D eigenvalue weighted by Gasteiger charge is -2.24. The number of nitrogens with zero attached hydrogens (tertiary/aromatic N) is 2. The average molecular weight is 342 g/mol. The zero-order valence-corrected chi connectivity index (χ0v) is 14.7. The van der Waals surface area contributed by atoms with Gasteiger partial charge in [-0.2, -0.15) is 5.10 Å². The third kappa shape index (κ3) is 3.64. The minimum atomic E-state index is 0.676. The summed E-state index contributed by atoms with van der Waals surface area (Å²) in [5, 5.41) is 8.31. The van der Waals surface area contributed by atoms with E-state index in [4.69, 9.17) is 0 Å². The third-order valence-electron chi connectivity index (χ3n) is 4.58. The molecule has 1 N–H and O–H groups in total. The Hall–Kier alpha value is -0.350. The Morgan fingerprint density at radius 2 is 2.05 bits per heavy atom. The van der Waals surface area contributed by atoms with E-state index < -0.39 is 0 Å². The Labute approximate surface area is 131 Å². The molecule has 1 aliphatic rings. The van der Waals surface area contributed by atoms with Gasteiger partial charge in [0.25, 0.3) is 0 Å². The molecule has 1 aromatic heterocycles. The van der Waals surface area contributed by atoms with E-state index in [1.54, 1.807) is 0 Å². The molecule has 1 aliphatic carbocycles. The van der Waals surface area contributed by atoms with Crippen LogP contribution in [0.2, 0.25) is 0 Å². The summed E-state index contributed by atoms with van der Waals surface area (Å²) < 4.78 is 3.36. The van der Waals surface area contributed by atoms with Crippen LogP contribution in [-0.4, -0.2) is 22.4 Å². The number of halogens is 1. The standard InChI is InChI=1S/C16H28BrN3/c1-4-18-14(13-8-6-7-9-13)10-11-15-16(17)12(3)19-20(15)5-2/h13-14,18H,4-11H2,1-3H3. The van der Waals surface area contributed by atoms with Crippen LogP contribution >= 0.6 is 15.9 Å². The first-order valence-electron chi connectivity index (χ1n) is 8.12. The van der Waals surface area contributed by atoms with E-state index in [-0.39, 0.29) is 0 Å². The Morgan fingerprint density at radius 1 is 1.35 bits per heavy atom. The highest BCUT2D eigenvalue weighted by atomic mass is 79.9. The first kappa shape index (κ1) is 16.0. The smallest absolute Gasteiger partial charge is 0.0738 e. The molecule has 0 bridgehead atoms. The van der Waals surface area contributed by atoms with Gasteiger partial charge in [-0.25, -0.2) is 0 Å². The van der Waals surface area contributed by atoms with Crippen LogP contribution in [0.4, 0.5) is 0 Å². The number of aromatic nitrogens is 2. The molecule has 1 aromatic rings. The molecule has 0 spiro atoms. The van der Waals surface area contributed by atoms with Crippen LogP contribution in [-0.2, 0) is 13.0 Å². The Balaban J connectivity index is 2.01. The average Bonchev–Trinajstić information content (AvgIpc) is 3.06. The number of nitrogens with one attached hydrogen (secondary N) is 1. The minimum absolute atomic E-state index is 0.676. The maximum absolute atomic E-state index is 4.60. The highest BCUT2D eigenvalue weighted by molar-refractivity contribution is 9.10. The van der Waals surface area contributed by atoms with Gasteiger partial charge in [0.15, 0.2) is 0 Å². The monoisotopic (exact) mass is 341 g/mol. The molecule has 0 saturated heterocycles. The number of hydrogen-bond donors (Lipinski definition) is 1. The van der Waals surface area contributed by atoms with Crippen molar-refractivity contribution in [3.63, 3.8) is 0 Å². The molecule has 1 heterocycles. The Morgan fingerprint density at radius 3 is 2.65 bits per heavy atom. The van der Waals surface area contributed by atoms with E-state index in [0.29, 0.717) is 6.04 Å². The number of aryl methyl sites for hydroxylation is 2. The second-order valence-corrected chi connectivity index (χ2v) is 6.70. The molecule has 2 rings (SSSR count). The normalized spacial score (nSPS) is 17.8. The zero-order chi connectivity index (χ0) is 14.5. The number of rotatable bonds is 7. The fraction of sp³-hybridized carbons (Fsp3) is 0.812. The van der Waals surface area contributed by atoms with Gasteiger partial charge in [-0.05, 0) is 67.9 Å². The van der Waals surface area contributed by atoms with Crippen molar-refractivity contribution >= 4 is 15.9 Å². The van der Waals surface area contributed by atoms with Crippen LogP contribution in [0.15, 0.2) is 4.47 Å². The third-order valence-corrected chi connectivity index (χ3v) is 5.61. The molecular formula is C16H28BrN3. The molecular weight excluding hydrogens is 314 g/mol. The van der Waals surface area contributed by atoms with Crippen LogP contribution in [0.25, 0.3) is 0 Å². The lowest BCUT2D eigenvalue weighted by atomic mass is 9.93. The lowest BCUT2D eigenvalue weighted by molar-refractivity contribution is 0.343. The van der Waals surface area contributed by atoms with E-state index in [0.717, 1.165) is 31.1 Å². The molecule has 3 nitrogen and oxygen atoms in total. The molecule has 114 valence electrons. The fourth-order valence-electron chi connectivity index (χ4n) is 3.53. The summed E-state index contributed by atoms with van der Waals surface area (Å²) in [4.78, 5) is 0. The molecule has 20 heavy (non-hydrogen) atoms. The number of hydrogen-bond acceptors (Lipinski definition) is 2. The summed E-state index contributed by atoms with van der Waals surface area (Å²) in [7, 11) is 0. The predicted molar refractivity (Wildman–Crippen MR) is 88.1 cm³/mol. The largest absolute Gasteiger partial charge is 0.314 e. The molecule has 0 amide bonds. The first-order chi connectivity index (χ1) is 9.67. The molecule has 0 aromatic carbocycles. The van der Waals surface area contributed by atoms with Gasteiger partial charge in [0, 0.05) is 12.6 Å². The maximum atomic E-state index is 4.60. The van der Waals surface area contributed by atoms with Gasteiger partial charge in [0.2, 0.25) is 0 Å². The van der Waals surface area contributed by atoms with Gasteiger partial charge in [0.1, 0.15) is 0 Å². The van der Waals surface area contributed by atoms with E-state index in [9.17, 15) is 0 Å². The van der Waals surface area contributed by atoms with Crippen LogP contribution < -0.4 is 5.32 Å². The quantitative estimate of drug-likeness (QED) is 0.809. The molecule has 1 atom stereocenters. The first-order valence-corrected chi connectivity index (χ1v) is 8.91. The molecule has 1 unspecified atom stereocenters. The van der Waals surface area contributed by atoms with E-state index >= 15 is 0 Å². The second-order valence-electron chi connectivity index (χ2n) is 5.91. The zero-order valence-electron chi connectivity index (χ0n) is 13.1. The Kier molecular flexibility index (Phi) is 6.09. The summed E-state index contributed by atoms with van der Waals surface area (Å²) in [5.41, 5.74) is 2.48. The van der Waals surface area contributed by atoms with Crippen molar-refractivity contribution in [3.8, 4) is 0 Å². The van der Waals surface area contributed by atoms with E-state index in [2.05, 4.69) is 51.8 Å². The summed E-state index contributed by atoms with van der Waals surface area (Å²) in [5.74, 6) is 0.882. The maximum Gasteiger partial charge on any atom is 0.0738 e. The fourth-order valence-corrected chi connectivity index (χ4v) is 4.01. The van der Waals surface area contributed by atoms with Crippen molar-refractivity contribution in [2.75, 3.05) is 6.54 Å². The lowest BCUT2D eigenvalue weighted by Crippen LogP contribution is -2.35. The van der Waals surface area contributed by atoms with Crippen molar-refractivity contribution in [1.82, 2.24) is 15.1 Å². The van der Waals surface area contributed by atoms with Gasteiger partial charge in [-0.15, -0.1) is 0 Å². The molecule has 1 fully saturated rings. The summed E-state index contributed by atoms with van der Waals surface area (Å²) in [6, 6.07) is 0.676. The van der Waals surface area contributed by atoms with Crippen LogP contribution in [0.5, 0.6) is 0 Å². The Bertz CT molecular complexity index is 422. The summed E-state index contributed by atoms with van der Waals surface area (Å²) in [6.45, 7) is 8.50. The minimum Gasteiger partial charge on any atom is -0.314 e. The second kappa shape index (κ2) is 7.60. The highest BCUT2D eigenvalue weighted by Crippen LogP contribution is 2.30. The van der Waals surface area contributed by atoms with Gasteiger partial charge in [-0.1, -0.05) is 19.8 Å². The van der Waals surface area contributed by atoms with Crippen molar-refractivity contribution in [2.24, 2.45) is 5.92 Å². The van der Waals surface area contributed by atoms with Crippen LogP contribution in [0.1, 0.15) is 57.3 Å². The van der Waals surface area contributed by atoms with Crippen LogP contribution in [0, 0.1) is 12.8 Å². The molecule has 0 aliphatic heterocycles. The van der Waals surface area contributed by atoms with E-state index in [1.165, 1.54) is 42.3 Å². The van der Waals surface area contributed by atoms with Crippen molar-refractivity contribution in [2.45, 2.75) is 71.9 Å². The van der Waals surface area contributed by atoms with Gasteiger partial charge in [0.05, 0.1) is 15.9 Å². The van der Waals surface area contributed by atoms with Crippen LogP contribution in [0.3, 0.4) is 0 Å². The van der Waals surface area contributed by atoms with Crippen molar-refractivity contribution in [1.29, 1.82) is 0 Å². The van der Waals surface area contributed by atoms with Gasteiger partial charge in [-0.3, -0.25) is 4.68 Å². The van der Waals surface area contributed by atoms with Gasteiger partial charge < -0.3 is 5.32 Å².